The van der Waals surface area contributed by atoms with Gasteiger partial charge in [0.15, 0.2) is 12.2 Å². The summed E-state index contributed by atoms with van der Waals surface area (Å²) in [5.74, 6) is 1.46. The minimum absolute atomic E-state index is 0.697. The standard InChI is InChI=1S/C17H17BrN2O2S/c1-3-17-14(18)7-12(23-17)8-20-11-4-5-13(15(6-11)21-2)16-9-19-10-22-16/h4-7,9-10,20H,3,8H2,1-2H3. The Morgan fingerprint density at radius 1 is 1.35 bits per heavy atom. The van der Waals surface area contributed by atoms with Crippen LogP contribution in [0.2, 0.25) is 0 Å². The Bertz CT molecular complexity index is 784. The summed E-state index contributed by atoms with van der Waals surface area (Å²) in [5.41, 5.74) is 1.90. The number of halogens is 1. The summed E-state index contributed by atoms with van der Waals surface area (Å²) in [7, 11) is 1.66. The maximum Gasteiger partial charge on any atom is 0.181 e. The van der Waals surface area contributed by atoms with Crippen molar-refractivity contribution < 1.29 is 9.15 Å². The minimum Gasteiger partial charge on any atom is -0.496 e. The van der Waals surface area contributed by atoms with Gasteiger partial charge in [0.05, 0.1) is 18.9 Å². The SMILES string of the molecule is CCc1sc(CNc2ccc(-c3cnco3)c(OC)c2)cc1Br. The van der Waals surface area contributed by atoms with Gasteiger partial charge in [0.2, 0.25) is 0 Å². The van der Waals surface area contributed by atoms with E-state index in [1.807, 2.05) is 29.5 Å². The number of methoxy groups -OCH3 is 1. The van der Waals surface area contributed by atoms with E-state index in [1.54, 1.807) is 13.3 Å². The Balaban J connectivity index is 1.75. The molecule has 0 aliphatic heterocycles. The number of nitrogens with one attached hydrogen (secondary N) is 1. The molecule has 1 N–H and O–H groups in total. The number of rotatable bonds is 6. The van der Waals surface area contributed by atoms with E-state index in [2.05, 4.69) is 39.2 Å². The number of nitrogens with zero attached hydrogens (tertiary/aromatic N) is 1. The van der Waals surface area contributed by atoms with Crippen LogP contribution in [0.15, 0.2) is 45.7 Å². The number of anilines is 1. The molecule has 0 saturated carbocycles. The minimum atomic E-state index is 0.697. The van der Waals surface area contributed by atoms with E-state index >= 15 is 0 Å². The van der Waals surface area contributed by atoms with Crippen LogP contribution in [0.4, 0.5) is 5.69 Å². The van der Waals surface area contributed by atoms with Gasteiger partial charge in [0.1, 0.15) is 5.75 Å². The van der Waals surface area contributed by atoms with Crippen LogP contribution >= 0.6 is 27.3 Å². The second-order valence-electron chi connectivity index (χ2n) is 4.97. The predicted molar refractivity (Wildman–Crippen MR) is 97.2 cm³/mol. The molecule has 0 atom stereocenters. The molecular weight excluding hydrogens is 376 g/mol. The van der Waals surface area contributed by atoms with Gasteiger partial charge in [-0.15, -0.1) is 11.3 Å². The lowest BCUT2D eigenvalue weighted by Gasteiger charge is -2.10. The Morgan fingerprint density at radius 3 is 2.87 bits per heavy atom. The lowest BCUT2D eigenvalue weighted by atomic mass is 10.1. The fourth-order valence-electron chi connectivity index (χ4n) is 2.33. The molecule has 0 aliphatic rings. The summed E-state index contributed by atoms with van der Waals surface area (Å²) in [6, 6.07) is 8.14. The molecule has 1 aromatic carbocycles. The first-order valence-corrected chi connectivity index (χ1v) is 8.90. The summed E-state index contributed by atoms with van der Waals surface area (Å²) in [4.78, 5) is 6.62. The average Bonchev–Trinajstić information content (AvgIpc) is 3.22. The average molecular weight is 393 g/mol. The fourth-order valence-corrected chi connectivity index (χ4v) is 4.22. The molecule has 2 aromatic heterocycles. The topological polar surface area (TPSA) is 47.3 Å². The number of benzene rings is 1. The van der Waals surface area contributed by atoms with Gasteiger partial charge in [-0.3, -0.25) is 0 Å². The Hall–Kier alpha value is -1.79. The van der Waals surface area contributed by atoms with Crippen LogP contribution in [0.25, 0.3) is 11.3 Å². The largest absolute Gasteiger partial charge is 0.496 e. The van der Waals surface area contributed by atoms with Crippen molar-refractivity contribution in [3.05, 3.63) is 51.1 Å². The van der Waals surface area contributed by atoms with Crippen molar-refractivity contribution in [3.63, 3.8) is 0 Å². The number of oxazole rings is 1. The molecule has 0 bridgehead atoms. The zero-order chi connectivity index (χ0) is 16.2. The maximum atomic E-state index is 5.47. The van der Waals surface area contributed by atoms with Gasteiger partial charge in [-0.2, -0.15) is 0 Å². The molecule has 0 amide bonds. The number of aryl methyl sites for hydroxylation is 1. The van der Waals surface area contributed by atoms with E-state index in [-0.39, 0.29) is 0 Å². The monoisotopic (exact) mass is 392 g/mol. The molecule has 3 rings (SSSR count). The van der Waals surface area contributed by atoms with Crippen molar-refractivity contribution in [2.45, 2.75) is 19.9 Å². The van der Waals surface area contributed by atoms with Crippen LogP contribution in [-0.2, 0) is 13.0 Å². The van der Waals surface area contributed by atoms with Gasteiger partial charge in [-0.25, -0.2) is 4.98 Å². The molecule has 6 heteroatoms. The van der Waals surface area contributed by atoms with Gasteiger partial charge >= 0.3 is 0 Å². The van der Waals surface area contributed by atoms with E-state index in [4.69, 9.17) is 9.15 Å². The highest BCUT2D eigenvalue weighted by atomic mass is 79.9. The summed E-state index contributed by atoms with van der Waals surface area (Å²) in [6.07, 6.45) is 4.15. The van der Waals surface area contributed by atoms with Gasteiger partial charge in [0, 0.05) is 32.5 Å². The van der Waals surface area contributed by atoms with Crippen molar-refractivity contribution in [2.75, 3.05) is 12.4 Å². The van der Waals surface area contributed by atoms with Crippen LogP contribution in [0.5, 0.6) is 5.75 Å². The van der Waals surface area contributed by atoms with Gasteiger partial charge in [-0.1, -0.05) is 6.92 Å². The normalized spacial score (nSPS) is 10.7. The summed E-state index contributed by atoms with van der Waals surface area (Å²) in [6.45, 7) is 2.95. The number of hydrogen-bond donors (Lipinski definition) is 1. The molecule has 0 unspecified atom stereocenters. The summed E-state index contributed by atoms with van der Waals surface area (Å²) in [5, 5.41) is 3.44. The summed E-state index contributed by atoms with van der Waals surface area (Å²) >= 11 is 5.43. The number of thiophene rings is 1. The third-order valence-corrected chi connectivity index (χ3v) is 5.74. The van der Waals surface area contributed by atoms with Gasteiger partial charge < -0.3 is 14.5 Å². The van der Waals surface area contributed by atoms with Gasteiger partial charge in [-0.05, 0) is 40.5 Å². The Labute approximate surface area is 147 Å². The van der Waals surface area contributed by atoms with Crippen LogP contribution in [-0.4, -0.2) is 12.1 Å². The number of ether oxygens (including phenoxy) is 1. The number of aromatic nitrogens is 1. The van der Waals surface area contributed by atoms with Crippen molar-refractivity contribution in [1.29, 1.82) is 0 Å². The molecule has 0 radical (unpaired) electrons. The van der Waals surface area contributed by atoms with Crippen molar-refractivity contribution in [2.24, 2.45) is 0 Å². The van der Waals surface area contributed by atoms with E-state index in [1.165, 1.54) is 20.6 Å². The number of hydrogen-bond acceptors (Lipinski definition) is 5. The second-order valence-corrected chi connectivity index (χ2v) is 7.05. The maximum absolute atomic E-state index is 5.47. The van der Waals surface area contributed by atoms with Crippen molar-refractivity contribution in [1.82, 2.24) is 4.98 Å². The fraction of sp³-hybridized carbons (Fsp3) is 0.235. The third-order valence-electron chi connectivity index (χ3n) is 3.50. The lowest BCUT2D eigenvalue weighted by molar-refractivity contribution is 0.415. The van der Waals surface area contributed by atoms with Crippen LogP contribution in [0, 0.1) is 0 Å². The molecule has 0 spiro atoms. The third kappa shape index (κ3) is 3.59. The molecule has 0 fully saturated rings. The molecular formula is C17H17BrN2O2S. The molecule has 120 valence electrons. The highest BCUT2D eigenvalue weighted by Crippen LogP contribution is 2.33. The molecule has 0 saturated heterocycles. The van der Waals surface area contributed by atoms with E-state index in [9.17, 15) is 0 Å². The van der Waals surface area contributed by atoms with Gasteiger partial charge in [0.25, 0.3) is 0 Å². The first kappa shape index (κ1) is 16.1. The second kappa shape index (κ2) is 7.19. The Morgan fingerprint density at radius 2 is 2.22 bits per heavy atom. The first-order chi connectivity index (χ1) is 11.2. The van der Waals surface area contributed by atoms with Crippen molar-refractivity contribution >= 4 is 33.0 Å². The molecule has 2 heterocycles. The van der Waals surface area contributed by atoms with E-state index in [0.29, 0.717) is 5.76 Å². The van der Waals surface area contributed by atoms with Crippen LogP contribution < -0.4 is 10.1 Å². The molecule has 4 nitrogen and oxygen atoms in total. The first-order valence-electron chi connectivity index (χ1n) is 7.29. The van der Waals surface area contributed by atoms with Crippen LogP contribution in [0.1, 0.15) is 16.7 Å². The highest BCUT2D eigenvalue weighted by molar-refractivity contribution is 9.10. The Kier molecular flexibility index (Phi) is 5.03. The van der Waals surface area contributed by atoms with Crippen LogP contribution in [0.3, 0.4) is 0 Å². The zero-order valence-electron chi connectivity index (χ0n) is 12.9. The molecule has 3 aromatic rings. The highest BCUT2D eigenvalue weighted by Gasteiger charge is 2.10. The lowest BCUT2D eigenvalue weighted by Crippen LogP contribution is -1.98. The zero-order valence-corrected chi connectivity index (χ0v) is 15.3. The van der Waals surface area contributed by atoms with E-state index in [0.717, 1.165) is 30.0 Å². The van der Waals surface area contributed by atoms with Crippen molar-refractivity contribution in [3.8, 4) is 17.1 Å². The molecule has 23 heavy (non-hydrogen) atoms. The molecule has 0 aliphatic carbocycles. The quantitative estimate of drug-likeness (QED) is 0.614. The predicted octanol–water partition coefficient (Wildman–Crippen LogP) is 5.35. The summed E-state index contributed by atoms with van der Waals surface area (Å²) < 4.78 is 12.0. The smallest absolute Gasteiger partial charge is 0.181 e. The van der Waals surface area contributed by atoms with E-state index < -0.39 is 0 Å².